The van der Waals surface area contributed by atoms with Gasteiger partial charge >= 0.3 is 0 Å². The number of rotatable bonds is 5. The molecular formula is C19H17N5. The monoisotopic (exact) mass is 315 g/mol. The van der Waals surface area contributed by atoms with Crippen LogP contribution in [0.15, 0.2) is 73.1 Å². The second kappa shape index (κ2) is 6.50. The van der Waals surface area contributed by atoms with Crippen LogP contribution in [-0.4, -0.2) is 25.0 Å². The third-order valence-corrected chi connectivity index (χ3v) is 3.82. The fraction of sp³-hybridized carbons (Fsp3) is 0.105. The van der Waals surface area contributed by atoms with Gasteiger partial charge in [-0.15, -0.1) is 0 Å². The Morgan fingerprint density at radius 3 is 2.33 bits per heavy atom. The molecule has 0 atom stereocenters. The van der Waals surface area contributed by atoms with E-state index in [1.807, 2.05) is 47.3 Å². The first kappa shape index (κ1) is 14.4. The smallest absolute Gasteiger partial charge is 0.184 e. The van der Waals surface area contributed by atoms with Crippen molar-refractivity contribution in [2.45, 2.75) is 13.0 Å². The molecule has 2 aromatic carbocycles. The molecule has 4 rings (SSSR count). The molecule has 24 heavy (non-hydrogen) atoms. The number of H-pyrrole nitrogens is 1. The van der Waals surface area contributed by atoms with Gasteiger partial charge in [-0.05, 0) is 11.1 Å². The summed E-state index contributed by atoms with van der Waals surface area (Å²) in [6.07, 6.45) is 4.52. The van der Waals surface area contributed by atoms with Crippen LogP contribution < -0.4 is 0 Å². The molecule has 5 heteroatoms. The van der Waals surface area contributed by atoms with Gasteiger partial charge in [-0.25, -0.2) is 4.98 Å². The Bertz CT molecular complexity index is 831. The highest BCUT2D eigenvalue weighted by Crippen LogP contribution is 2.15. The molecule has 0 saturated heterocycles. The fourth-order valence-corrected chi connectivity index (χ4v) is 2.63. The Morgan fingerprint density at radius 1 is 0.875 bits per heavy atom. The third-order valence-electron chi connectivity index (χ3n) is 3.82. The van der Waals surface area contributed by atoms with Gasteiger partial charge in [0.2, 0.25) is 0 Å². The molecule has 2 heterocycles. The average molecular weight is 315 g/mol. The van der Waals surface area contributed by atoms with Crippen LogP contribution in [0.4, 0.5) is 0 Å². The molecule has 0 amide bonds. The van der Waals surface area contributed by atoms with Gasteiger partial charge in [0.15, 0.2) is 5.82 Å². The Morgan fingerprint density at radius 2 is 1.58 bits per heavy atom. The SMILES string of the molecule is c1ccc(Cc2nc(-c3cnn(Cc4ccccc4)c3)n[nH]2)cc1. The minimum Gasteiger partial charge on any atom is -0.268 e. The highest BCUT2D eigenvalue weighted by atomic mass is 15.3. The summed E-state index contributed by atoms with van der Waals surface area (Å²) < 4.78 is 1.90. The van der Waals surface area contributed by atoms with Crippen molar-refractivity contribution in [2.75, 3.05) is 0 Å². The molecule has 0 aliphatic heterocycles. The van der Waals surface area contributed by atoms with Gasteiger partial charge in [0.25, 0.3) is 0 Å². The normalized spacial score (nSPS) is 10.8. The molecule has 118 valence electrons. The zero-order valence-corrected chi connectivity index (χ0v) is 13.1. The highest BCUT2D eigenvalue weighted by molar-refractivity contribution is 5.51. The lowest BCUT2D eigenvalue weighted by Gasteiger charge is -2.00. The van der Waals surface area contributed by atoms with Crippen LogP contribution in [-0.2, 0) is 13.0 Å². The molecule has 2 aromatic heterocycles. The van der Waals surface area contributed by atoms with Crippen LogP contribution in [0.5, 0.6) is 0 Å². The zero-order valence-electron chi connectivity index (χ0n) is 13.1. The second-order valence-corrected chi connectivity index (χ2v) is 5.68. The number of hydrogen-bond acceptors (Lipinski definition) is 3. The number of hydrogen-bond donors (Lipinski definition) is 1. The number of benzene rings is 2. The van der Waals surface area contributed by atoms with E-state index in [-0.39, 0.29) is 0 Å². The van der Waals surface area contributed by atoms with Crippen LogP contribution in [0, 0.1) is 0 Å². The van der Waals surface area contributed by atoms with Gasteiger partial charge < -0.3 is 0 Å². The van der Waals surface area contributed by atoms with Crippen molar-refractivity contribution in [1.82, 2.24) is 25.0 Å². The summed E-state index contributed by atoms with van der Waals surface area (Å²) in [5.41, 5.74) is 3.34. The molecule has 0 bridgehead atoms. The first-order valence-corrected chi connectivity index (χ1v) is 7.89. The Kier molecular flexibility index (Phi) is 3.90. The van der Waals surface area contributed by atoms with Crippen molar-refractivity contribution in [2.24, 2.45) is 0 Å². The Balaban J connectivity index is 1.49. The van der Waals surface area contributed by atoms with Gasteiger partial charge in [-0.1, -0.05) is 60.7 Å². The van der Waals surface area contributed by atoms with E-state index in [9.17, 15) is 0 Å². The first-order chi connectivity index (χ1) is 11.9. The van der Waals surface area contributed by atoms with Crippen molar-refractivity contribution < 1.29 is 0 Å². The maximum absolute atomic E-state index is 4.58. The number of aromatic nitrogens is 5. The van der Waals surface area contributed by atoms with Crippen LogP contribution in [0.2, 0.25) is 0 Å². The summed E-state index contributed by atoms with van der Waals surface area (Å²) in [6, 6.07) is 20.5. The predicted molar refractivity (Wildman–Crippen MR) is 92.4 cm³/mol. The molecule has 5 nitrogen and oxygen atoms in total. The van der Waals surface area contributed by atoms with Crippen molar-refractivity contribution in [3.63, 3.8) is 0 Å². The van der Waals surface area contributed by atoms with E-state index in [2.05, 4.69) is 44.5 Å². The lowest BCUT2D eigenvalue weighted by molar-refractivity contribution is 0.687. The van der Waals surface area contributed by atoms with E-state index in [1.165, 1.54) is 11.1 Å². The summed E-state index contributed by atoms with van der Waals surface area (Å²) in [6.45, 7) is 0.738. The molecular weight excluding hydrogens is 298 g/mol. The van der Waals surface area contributed by atoms with Gasteiger partial charge in [0.1, 0.15) is 5.82 Å². The van der Waals surface area contributed by atoms with Crippen LogP contribution in [0.25, 0.3) is 11.4 Å². The van der Waals surface area contributed by atoms with Crippen molar-refractivity contribution >= 4 is 0 Å². The quantitative estimate of drug-likeness (QED) is 0.614. The van der Waals surface area contributed by atoms with Gasteiger partial charge in [-0.2, -0.15) is 10.2 Å². The van der Waals surface area contributed by atoms with E-state index >= 15 is 0 Å². The third kappa shape index (κ3) is 3.25. The van der Waals surface area contributed by atoms with Crippen LogP contribution in [0.1, 0.15) is 17.0 Å². The minimum atomic E-state index is 0.681. The second-order valence-electron chi connectivity index (χ2n) is 5.68. The average Bonchev–Trinajstić information content (AvgIpc) is 3.26. The molecule has 0 spiro atoms. The maximum Gasteiger partial charge on any atom is 0.184 e. The molecule has 0 aliphatic rings. The Labute approximate surface area is 140 Å². The number of aromatic amines is 1. The van der Waals surface area contributed by atoms with Gasteiger partial charge in [0.05, 0.1) is 18.3 Å². The van der Waals surface area contributed by atoms with E-state index < -0.39 is 0 Å². The highest BCUT2D eigenvalue weighted by Gasteiger charge is 2.09. The molecule has 0 radical (unpaired) electrons. The van der Waals surface area contributed by atoms with E-state index in [4.69, 9.17) is 0 Å². The molecule has 0 fully saturated rings. The molecule has 1 N–H and O–H groups in total. The first-order valence-electron chi connectivity index (χ1n) is 7.89. The minimum absolute atomic E-state index is 0.681. The van der Waals surface area contributed by atoms with Crippen LogP contribution in [0.3, 0.4) is 0 Å². The standard InChI is InChI=1S/C19H17N5/c1-3-7-15(8-4-1)11-18-21-19(23-22-18)17-12-20-24(14-17)13-16-9-5-2-6-10-16/h1-10,12,14H,11,13H2,(H,21,22,23). The lowest BCUT2D eigenvalue weighted by atomic mass is 10.1. The van der Waals surface area contributed by atoms with Gasteiger partial charge in [-0.3, -0.25) is 9.78 Å². The van der Waals surface area contributed by atoms with Crippen LogP contribution >= 0.6 is 0 Å². The molecule has 0 aliphatic carbocycles. The summed E-state index contributed by atoms with van der Waals surface area (Å²) in [5, 5.41) is 11.7. The summed E-state index contributed by atoms with van der Waals surface area (Å²) in [5.74, 6) is 1.53. The maximum atomic E-state index is 4.58. The van der Waals surface area contributed by atoms with Crippen molar-refractivity contribution in [3.05, 3.63) is 90.0 Å². The summed E-state index contributed by atoms with van der Waals surface area (Å²) in [4.78, 5) is 4.58. The predicted octanol–water partition coefficient (Wildman–Crippen LogP) is 3.31. The summed E-state index contributed by atoms with van der Waals surface area (Å²) >= 11 is 0. The number of nitrogens with one attached hydrogen (secondary N) is 1. The molecule has 0 saturated carbocycles. The molecule has 4 aromatic rings. The largest absolute Gasteiger partial charge is 0.268 e. The fourth-order valence-electron chi connectivity index (χ4n) is 2.63. The topological polar surface area (TPSA) is 59.4 Å². The van der Waals surface area contributed by atoms with Crippen molar-refractivity contribution in [1.29, 1.82) is 0 Å². The summed E-state index contributed by atoms with van der Waals surface area (Å²) in [7, 11) is 0. The van der Waals surface area contributed by atoms with Gasteiger partial charge in [0, 0.05) is 12.6 Å². The van der Waals surface area contributed by atoms with E-state index in [0.717, 1.165) is 24.4 Å². The zero-order chi connectivity index (χ0) is 16.2. The Hall–Kier alpha value is -3.21. The molecule has 0 unspecified atom stereocenters. The lowest BCUT2D eigenvalue weighted by Crippen LogP contribution is -1.99. The van der Waals surface area contributed by atoms with E-state index in [1.54, 1.807) is 6.20 Å². The van der Waals surface area contributed by atoms with E-state index in [0.29, 0.717) is 5.82 Å². The number of nitrogens with zero attached hydrogens (tertiary/aromatic N) is 4. The van der Waals surface area contributed by atoms with Crippen molar-refractivity contribution in [3.8, 4) is 11.4 Å².